The van der Waals surface area contributed by atoms with Crippen molar-refractivity contribution in [3.8, 4) is 11.4 Å². The second-order valence-electron chi connectivity index (χ2n) is 5.18. The molecule has 2 aromatic rings. The van der Waals surface area contributed by atoms with E-state index in [0.717, 1.165) is 0 Å². The van der Waals surface area contributed by atoms with Gasteiger partial charge in [-0.1, -0.05) is 11.6 Å². The van der Waals surface area contributed by atoms with Crippen LogP contribution in [-0.4, -0.2) is 47.2 Å². The number of amides is 1. The van der Waals surface area contributed by atoms with Crippen molar-refractivity contribution in [2.24, 2.45) is 5.92 Å². The van der Waals surface area contributed by atoms with Crippen LogP contribution in [0.4, 0.5) is 9.57 Å². The Kier molecular flexibility index (Phi) is 4.02. The van der Waals surface area contributed by atoms with Gasteiger partial charge in [-0.2, -0.15) is 13.6 Å². The highest BCUT2D eigenvalue weighted by atomic mass is 35.5. The maximum absolute atomic E-state index is 12.9. The van der Waals surface area contributed by atoms with Gasteiger partial charge in [0.05, 0.1) is 11.4 Å². The lowest BCUT2D eigenvalue weighted by Crippen LogP contribution is -2.26. The summed E-state index contributed by atoms with van der Waals surface area (Å²) in [7, 11) is -4.64. The van der Waals surface area contributed by atoms with Crippen molar-refractivity contribution in [3.05, 3.63) is 23.2 Å². The minimum Gasteiger partial charge on any atom is -0.311 e. The molecule has 0 bridgehead atoms. The minimum absolute atomic E-state index is 0.0542. The van der Waals surface area contributed by atoms with E-state index in [9.17, 15) is 17.1 Å². The number of tetrazole rings is 1. The number of aromatic amines is 1. The summed E-state index contributed by atoms with van der Waals surface area (Å²) in [6, 6.07) is 4.80. The van der Waals surface area contributed by atoms with E-state index >= 15 is 0 Å². The van der Waals surface area contributed by atoms with Gasteiger partial charge in [0.1, 0.15) is 0 Å². The summed E-state index contributed by atoms with van der Waals surface area (Å²) in [5, 5.41) is 13.9. The summed E-state index contributed by atoms with van der Waals surface area (Å²) < 4.78 is 34.4. The minimum atomic E-state index is -4.64. The van der Waals surface area contributed by atoms with Gasteiger partial charge in [0.25, 0.3) is 0 Å². The van der Waals surface area contributed by atoms with Crippen molar-refractivity contribution in [3.63, 3.8) is 0 Å². The zero-order chi connectivity index (χ0) is 16.6. The Balaban J connectivity index is 1.95. The van der Waals surface area contributed by atoms with Gasteiger partial charge in [0.2, 0.25) is 11.7 Å². The second-order valence-corrected chi connectivity index (χ2v) is 7.02. The van der Waals surface area contributed by atoms with Crippen molar-refractivity contribution in [2.75, 3.05) is 17.2 Å². The van der Waals surface area contributed by atoms with Crippen LogP contribution < -0.4 is 4.90 Å². The topological polar surface area (TPSA) is 109 Å². The average molecular weight is 360 g/mol. The van der Waals surface area contributed by atoms with E-state index in [4.69, 9.17) is 11.6 Å². The summed E-state index contributed by atoms with van der Waals surface area (Å²) >= 11 is 5.99. The molecule has 11 heteroatoms. The SMILES string of the molecule is O=C1CC(CS(=O)(=O)F)CN1c1cc(Cl)ccc1-c1nn[nH]n1. The molecule has 0 spiro atoms. The molecule has 23 heavy (non-hydrogen) atoms. The molecule has 1 fully saturated rings. The molecule has 0 aliphatic carbocycles. The smallest absolute Gasteiger partial charge is 0.302 e. The summed E-state index contributed by atoms with van der Waals surface area (Å²) in [4.78, 5) is 13.6. The lowest BCUT2D eigenvalue weighted by molar-refractivity contribution is -0.117. The van der Waals surface area contributed by atoms with E-state index in [0.29, 0.717) is 16.3 Å². The fraction of sp³-hybridized carbons (Fsp3) is 0.333. The normalized spacial score (nSPS) is 18.6. The number of anilines is 1. The van der Waals surface area contributed by atoms with E-state index in [1.54, 1.807) is 18.2 Å². The first-order valence-corrected chi connectivity index (χ1v) is 8.52. The van der Waals surface area contributed by atoms with Crippen LogP contribution in [0.25, 0.3) is 11.4 Å². The molecule has 1 atom stereocenters. The molecule has 1 amide bonds. The van der Waals surface area contributed by atoms with Crippen LogP contribution >= 0.6 is 11.6 Å². The summed E-state index contributed by atoms with van der Waals surface area (Å²) in [6.07, 6.45) is -0.0542. The lowest BCUT2D eigenvalue weighted by atomic mass is 10.1. The van der Waals surface area contributed by atoms with Crippen molar-refractivity contribution in [1.82, 2.24) is 20.6 Å². The first kappa shape index (κ1) is 15.8. The molecule has 3 rings (SSSR count). The number of hydrogen-bond donors (Lipinski definition) is 1. The number of H-pyrrole nitrogens is 1. The number of rotatable bonds is 4. The first-order chi connectivity index (χ1) is 10.8. The largest absolute Gasteiger partial charge is 0.311 e. The van der Waals surface area contributed by atoms with Gasteiger partial charge >= 0.3 is 10.2 Å². The van der Waals surface area contributed by atoms with Gasteiger partial charge in [-0.25, -0.2) is 0 Å². The maximum Gasteiger partial charge on any atom is 0.302 e. The van der Waals surface area contributed by atoms with Crippen molar-refractivity contribution < 1.29 is 17.1 Å². The third-order valence-corrected chi connectivity index (χ3v) is 4.58. The molecule has 8 nitrogen and oxygen atoms in total. The molecule has 122 valence electrons. The second kappa shape index (κ2) is 5.85. The standard InChI is InChI=1S/C12H11ClFN5O3S/c13-8-1-2-9(12-15-17-18-16-12)10(4-8)19-5-7(3-11(19)20)6-23(14,21)22/h1-2,4,7H,3,5-6H2,(H,15,16,17,18). The van der Waals surface area contributed by atoms with Crippen LogP contribution in [0, 0.1) is 5.92 Å². The summed E-state index contributed by atoms with van der Waals surface area (Å²) in [5.74, 6) is -1.35. The van der Waals surface area contributed by atoms with Gasteiger partial charge in [0.15, 0.2) is 0 Å². The Labute approximate surface area is 135 Å². The number of carbonyl (C=O) groups is 1. The summed E-state index contributed by atoms with van der Waals surface area (Å²) in [6.45, 7) is 0.0766. The average Bonchev–Trinajstić information content (AvgIpc) is 3.06. The maximum atomic E-state index is 12.9. The molecule has 1 aromatic carbocycles. The molecular weight excluding hydrogens is 349 g/mol. The summed E-state index contributed by atoms with van der Waals surface area (Å²) in [5.41, 5.74) is 0.947. The van der Waals surface area contributed by atoms with Gasteiger partial charge in [-0.15, -0.1) is 14.1 Å². The van der Waals surface area contributed by atoms with Crippen LogP contribution in [0.2, 0.25) is 5.02 Å². The Morgan fingerprint density at radius 2 is 2.22 bits per heavy atom. The first-order valence-electron chi connectivity index (χ1n) is 6.59. The molecule has 2 heterocycles. The van der Waals surface area contributed by atoms with E-state index in [2.05, 4.69) is 20.6 Å². The Hall–Kier alpha value is -2.07. The molecule has 1 aliphatic heterocycles. The highest BCUT2D eigenvalue weighted by Gasteiger charge is 2.35. The van der Waals surface area contributed by atoms with E-state index in [1.807, 2.05) is 0 Å². The van der Waals surface area contributed by atoms with Gasteiger partial charge < -0.3 is 4.90 Å². The van der Waals surface area contributed by atoms with Crippen LogP contribution in [0.15, 0.2) is 18.2 Å². The van der Waals surface area contributed by atoms with Crippen molar-refractivity contribution >= 4 is 33.4 Å². The number of aromatic nitrogens is 4. The number of halogens is 2. The fourth-order valence-corrected chi connectivity index (χ4v) is 3.55. The van der Waals surface area contributed by atoms with E-state index in [-0.39, 0.29) is 24.7 Å². The number of carbonyl (C=O) groups excluding carboxylic acids is 1. The monoisotopic (exact) mass is 359 g/mol. The molecule has 1 unspecified atom stereocenters. The number of benzene rings is 1. The molecular formula is C12H11ClFN5O3S. The molecule has 1 aromatic heterocycles. The highest BCUT2D eigenvalue weighted by molar-refractivity contribution is 7.86. The predicted octanol–water partition coefficient (Wildman–Crippen LogP) is 1.17. The van der Waals surface area contributed by atoms with Crippen LogP contribution in [0.3, 0.4) is 0 Å². The van der Waals surface area contributed by atoms with E-state index < -0.39 is 21.9 Å². The number of hydrogen-bond acceptors (Lipinski definition) is 6. The molecule has 0 radical (unpaired) electrons. The number of nitrogens with one attached hydrogen (secondary N) is 1. The molecule has 1 aliphatic rings. The van der Waals surface area contributed by atoms with E-state index in [1.165, 1.54) is 4.90 Å². The zero-order valence-corrected chi connectivity index (χ0v) is 13.2. The fourth-order valence-electron chi connectivity index (χ4n) is 2.60. The predicted molar refractivity (Wildman–Crippen MR) is 80.0 cm³/mol. The molecule has 1 saturated heterocycles. The zero-order valence-electron chi connectivity index (χ0n) is 11.6. The third kappa shape index (κ3) is 3.48. The number of nitrogens with zero attached hydrogens (tertiary/aromatic N) is 4. The van der Waals surface area contributed by atoms with Gasteiger partial charge in [-0.3, -0.25) is 4.79 Å². The Morgan fingerprint density at radius 1 is 1.43 bits per heavy atom. The lowest BCUT2D eigenvalue weighted by Gasteiger charge is -2.19. The van der Waals surface area contributed by atoms with Crippen molar-refractivity contribution in [2.45, 2.75) is 6.42 Å². The molecule has 0 saturated carbocycles. The Bertz CT molecular complexity index is 842. The van der Waals surface area contributed by atoms with Crippen LogP contribution in [0.5, 0.6) is 0 Å². The van der Waals surface area contributed by atoms with Gasteiger partial charge in [-0.05, 0) is 23.4 Å². The Morgan fingerprint density at radius 3 is 2.87 bits per heavy atom. The highest BCUT2D eigenvalue weighted by Crippen LogP contribution is 2.35. The van der Waals surface area contributed by atoms with Crippen LogP contribution in [0.1, 0.15) is 6.42 Å². The van der Waals surface area contributed by atoms with Crippen molar-refractivity contribution in [1.29, 1.82) is 0 Å². The quantitative estimate of drug-likeness (QED) is 0.821. The molecule has 1 N–H and O–H groups in total. The van der Waals surface area contributed by atoms with Gasteiger partial charge in [0, 0.05) is 29.5 Å². The third-order valence-electron chi connectivity index (χ3n) is 3.48. The van der Waals surface area contributed by atoms with Crippen LogP contribution in [-0.2, 0) is 15.0 Å².